The molecule has 20 heavy (non-hydrogen) atoms. The van der Waals surface area contributed by atoms with Gasteiger partial charge in [-0.15, -0.1) is 11.3 Å². The molecule has 0 aliphatic heterocycles. The zero-order valence-electron chi connectivity index (χ0n) is 12.0. The molecule has 2 aliphatic rings. The van der Waals surface area contributed by atoms with E-state index in [2.05, 4.69) is 50.2 Å². The summed E-state index contributed by atoms with van der Waals surface area (Å²) in [6, 6.07) is 2.83. The average Bonchev–Trinajstić information content (AvgIpc) is 3.10. The van der Waals surface area contributed by atoms with Crippen molar-refractivity contribution < 1.29 is 0 Å². The molecule has 4 atom stereocenters. The van der Waals surface area contributed by atoms with Crippen molar-refractivity contribution in [3.63, 3.8) is 0 Å². The number of hydrogen-bond acceptors (Lipinski definition) is 2. The Morgan fingerprint density at radius 3 is 2.75 bits per heavy atom. The Morgan fingerprint density at radius 1 is 1.35 bits per heavy atom. The van der Waals surface area contributed by atoms with Crippen LogP contribution in [0.1, 0.15) is 57.1 Å². The van der Waals surface area contributed by atoms with E-state index < -0.39 is 0 Å². The van der Waals surface area contributed by atoms with E-state index in [1.54, 1.807) is 11.3 Å². The van der Waals surface area contributed by atoms with Crippen LogP contribution in [0.2, 0.25) is 0 Å². The molecule has 0 amide bonds. The fraction of sp³-hybridized carbons (Fsp3) is 0.750. The van der Waals surface area contributed by atoms with E-state index in [1.165, 1.54) is 51.7 Å². The van der Waals surface area contributed by atoms with Gasteiger partial charge in [0.2, 0.25) is 0 Å². The van der Waals surface area contributed by atoms with E-state index in [0.29, 0.717) is 6.04 Å². The molecule has 1 heterocycles. The average molecular weight is 421 g/mol. The van der Waals surface area contributed by atoms with Gasteiger partial charge in [-0.1, -0.05) is 13.3 Å². The third-order valence-corrected chi connectivity index (χ3v) is 7.51. The van der Waals surface area contributed by atoms with Gasteiger partial charge in [-0.25, -0.2) is 0 Å². The van der Waals surface area contributed by atoms with Gasteiger partial charge in [0.25, 0.3) is 0 Å². The molecule has 2 aliphatic carbocycles. The molecule has 2 saturated carbocycles. The smallest absolute Gasteiger partial charge is 0.0758 e. The van der Waals surface area contributed by atoms with Gasteiger partial charge in [0.05, 0.1) is 7.57 Å². The van der Waals surface area contributed by atoms with Crippen LogP contribution in [0.25, 0.3) is 0 Å². The maximum absolute atomic E-state index is 3.78. The molecular formula is C16H23Br2NS. The zero-order valence-corrected chi connectivity index (χ0v) is 16.0. The number of nitrogens with one attached hydrogen (secondary N) is 1. The second-order valence-corrected chi connectivity index (χ2v) is 10.2. The van der Waals surface area contributed by atoms with Crippen molar-refractivity contribution in [1.29, 1.82) is 0 Å². The van der Waals surface area contributed by atoms with Crippen LogP contribution in [0.4, 0.5) is 0 Å². The monoisotopic (exact) mass is 419 g/mol. The summed E-state index contributed by atoms with van der Waals surface area (Å²) in [5.41, 5.74) is 1.46. The van der Waals surface area contributed by atoms with Crippen molar-refractivity contribution in [2.45, 2.75) is 51.5 Å². The molecule has 0 saturated heterocycles. The summed E-state index contributed by atoms with van der Waals surface area (Å²) in [7, 11) is 0. The Balaban J connectivity index is 1.71. The summed E-state index contributed by atoms with van der Waals surface area (Å²) in [6.07, 6.45) is 8.52. The lowest BCUT2D eigenvalue weighted by Crippen LogP contribution is -2.26. The van der Waals surface area contributed by atoms with E-state index >= 15 is 0 Å². The first-order chi connectivity index (χ1) is 9.67. The number of halogens is 2. The summed E-state index contributed by atoms with van der Waals surface area (Å²) < 4.78 is 2.52. The van der Waals surface area contributed by atoms with E-state index in [9.17, 15) is 0 Å². The van der Waals surface area contributed by atoms with Crippen molar-refractivity contribution in [1.82, 2.24) is 5.32 Å². The topological polar surface area (TPSA) is 12.0 Å². The fourth-order valence-electron chi connectivity index (χ4n) is 4.20. The highest BCUT2D eigenvalue weighted by Crippen LogP contribution is 2.51. The predicted molar refractivity (Wildman–Crippen MR) is 94.3 cm³/mol. The van der Waals surface area contributed by atoms with E-state index in [1.807, 2.05) is 0 Å². The Labute approximate surface area is 143 Å². The van der Waals surface area contributed by atoms with Crippen LogP contribution >= 0.6 is 43.2 Å². The summed E-state index contributed by atoms with van der Waals surface area (Å²) >= 11 is 9.17. The number of thiophene rings is 1. The molecule has 0 radical (unpaired) electrons. The highest BCUT2D eigenvalue weighted by Gasteiger charge is 2.40. The van der Waals surface area contributed by atoms with Crippen LogP contribution in [0, 0.1) is 17.8 Å². The van der Waals surface area contributed by atoms with Crippen molar-refractivity contribution in [2.24, 2.45) is 17.8 Å². The minimum atomic E-state index is 0.524. The first-order valence-corrected chi connectivity index (χ1v) is 10.3. The fourth-order valence-corrected chi connectivity index (χ4v) is 7.17. The molecule has 4 heteroatoms. The molecule has 3 rings (SSSR count). The molecule has 1 aromatic rings. The summed E-state index contributed by atoms with van der Waals surface area (Å²) in [5.74, 6) is 3.02. The molecule has 1 aromatic heterocycles. The van der Waals surface area contributed by atoms with Gasteiger partial charge < -0.3 is 5.32 Å². The van der Waals surface area contributed by atoms with Crippen molar-refractivity contribution in [3.05, 3.63) is 19.2 Å². The van der Waals surface area contributed by atoms with Gasteiger partial charge >= 0.3 is 0 Å². The summed E-state index contributed by atoms with van der Waals surface area (Å²) in [5, 5.41) is 3.78. The van der Waals surface area contributed by atoms with Crippen LogP contribution in [0.3, 0.4) is 0 Å². The molecule has 2 bridgehead atoms. The first-order valence-electron chi connectivity index (χ1n) is 7.85. The quantitative estimate of drug-likeness (QED) is 0.582. The minimum Gasteiger partial charge on any atom is -0.310 e. The van der Waals surface area contributed by atoms with Gasteiger partial charge in [0.15, 0.2) is 0 Å². The number of rotatable bonds is 6. The van der Waals surface area contributed by atoms with Crippen LogP contribution in [0.5, 0.6) is 0 Å². The second kappa shape index (κ2) is 6.80. The van der Waals surface area contributed by atoms with Crippen LogP contribution in [-0.4, -0.2) is 6.54 Å². The van der Waals surface area contributed by atoms with Gasteiger partial charge in [-0.3, -0.25) is 0 Å². The lowest BCUT2D eigenvalue weighted by Gasteiger charge is -2.27. The molecule has 2 fully saturated rings. The van der Waals surface area contributed by atoms with Gasteiger partial charge in [-0.05, 0) is 99.9 Å². The second-order valence-electron chi connectivity index (χ2n) is 6.46. The first kappa shape index (κ1) is 15.5. The van der Waals surface area contributed by atoms with Crippen molar-refractivity contribution in [3.8, 4) is 0 Å². The molecule has 0 aromatic carbocycles. The van der Waals surface area contributed by atoms with Crippen LogP contribution in [-0.2, 0) is 0 Å². The summed E-state index contributed by atoms with van der Waals surface area (Å²) in [4.78, 5) is 0. The SMILES string of the molecule is CCCNC(CC1CC2CCC1C2)c1cc(Br)sc1Br. The number of hydrogen-bond donors (Lipinski definition) is 1. The highest BCUT2D eigenvalue weighted by atomic mass is 79.9. The third kappa shape index (κ3) is 3.34. The van der Waals surface area contributed by atoms with E-state index in [0.717, 1.165) is 24.3 Å². The third-order valence-electron chi connectivity index (χ3n) is 5.12. The van der Waals surface area contributed by atoms with Crippen molar-refractivity contribution in [2.75, 3.05) is 6.54 Å². The summed E-state index contributed by atoms with van der Waals surface area (Å²) in [6.45, 7) is 3.37. The van der Waals surface area contributed by atoms with Crippen LogP contribution in [0.15, 0.2) is 13.6 Å². The lowest BCUT2D eigenvalue weighted by atomic mass is 9.83. The van der Waals surface area contributed by atoms with Gasteiger partial charge in [0.1, 0.15) is 0 Å². The van der Waals surface area contributed by atoms with E-state index in [4.69, 9.17) is 0 Å². The lowest BCUT2D eigenvalue weighted by molar-refractivity contribution is 0.279. The van der Waals surface area contributed by atoms with Crippen LogP contribution < -0.4 is 5.32 Å². The highest BCUT2D eigenvalue weighted by molar-refractivity contribution is 9.12. The largest absolute Gasteiger partial charge is 0.310 e. The standard InChI is InChI=1S/C16H23Br2NS/c1-2-5-19-14(13-9-15(17)20-16(13)18)8-12-7-10-3-4-11(12)6-10/h9-12,14,19H,2-8H2,1H3. The van der Waals surface area contributed by atoms with Gasteiger partial charge in [0, 0.05) is 6.04 Å². The number of fused-ring (bicyclic) bond motifs is 2. The Kier molecular flexibility index (Phi) is 5.28. The minimum absolute atomic E-state index is 0.524. The Hall–Kier alpha value is 0.620. The normalized spacial score (nSPS) is 30.1. The molecule has 4 unspecified atom stereocenters. The van der Waals surface area contributed by atoms with E-state index in [-0.39, 0.29) is 0 Å². The Morgan fingerprint density at radius 2 is 2.20 bits per heavy atom. The molecule has 0 spiro atoms. The van der Waals surface area contributed by atoms with Crippen molar-refractivity contribution >= 4 is 43.2 Å². The maximum Gasteiger partial charge on any atom is 0.0758 e. The predicted octanol–water partition coefficient (Wildman–Crippen LogP) is 6.14. The maximum atomic E-state index is 3.78. The zero-order chi connectivity index (χ0) is 14.1. The van der Waals surface area contributed by atoms with Gasteiger partial charge in [-0.2, -0.15) is 0 Å². The Bertz CT molecular complexity index is 459. The molecule has 1 nitrogen and oxygen atoms in total. The molecule has 112 valence electrons. The molecule has 1 N–H and O–H groups in total. The molecular weight excluding hydrogens is 398 g/mol.